The quantitative estimate of drug-likeness (QED) is 0.521. The summed E-state index contributed by atoms with van der Waals surface area (Å²) in [6.07, 6.45) is 2.68. The Bertz CT molecular complexity index is 675. The molecule has 2 aliphatic heterocycles. The van der Waals surface area contributed by atoms with Gasteiger partial charge in [0.15, 0.2) is 19.7 Å². The Morgan fingerprint density at radius 1 is 1.00 bits per heavy atom. The van der Waals surface area contributed by atoms with Crippen molar-refractivity contribution in [2.45, 2.75) is 51.2 Å². The third-order valence-corrected chi connectivity index (χ3v) is 8.23. The maximum atomic E-state index is 12.1. The smallest absolute Gasteiger partial charge is 0.410 e. The van der Waals surface area contributed by atoms with Crippen LogP contribution in [0.25, 0.3) is 0 Å². The number of rotatable bonds is 9. The number of amides is 1. The van der Waals surface area contributed by atoms with Gasteiger partial charge in [-0.15, -0.1) is 0 Å². The Labute approximate surface area is 156 Å². The van der Waals surface area contributed by atoms with E-state index in [4.69, 9.17) is 9.47 Å². The first kappa shape index (κ1) is 21.4. The van der Waals surface area contributed by atoms with E-state index in [0.29, 0.717) is 26.0 Å². The van der Waals surface area contributed by atoms with Gasteiger partial charge in [0.1, 0.15) is 0 Å². The zero-order valence-corrected chi connectivity index (χ0v) is 16.9. The molecule has 2 saturated heterocycles. The van der Waals surface area contributed by atoms with Gasteiger partial charge in [-0.3, -0.25) is 0 Å². The number of hydrogen-bond acceptors (Lipinski definition) is 7. The van der Waals surface area contributed by atoms with Crippen LogP contribution in [0.1, 0.15) is 39.0 Å². The van der Waals surface area contributed by atoms with Gasteiger partial charge in [0.2, 0.25) is 0 Å². The second kappa shape index (κ2) is 9.36. The minimum absolute atomic E-state index is 0.00504. The van der Waals surface area contributed by atoms with E-state index < -0.39 is 25.8 Å². The summed E-state index contributed by atoms with van der Waals surface area (Å²) >= 11 is 0. The Morgan fingerprint density at radius 2 is 1.69 bits per heavy atom. The lowest BCUT2D eigenvalue weighted by atomic mass is 10.2. The third kappa shape index (κ3) is 6.70. The van der Waals surface area contributed by atoms with Gasteiger partial charge in [0, 0.05) is 19.2 Å². The van der Waals surface area contributed by atoms with E-state index in [2.05, 4.69) is 0 Å². The summed E-state index contributed by atoms with van der Waals surface area (Å²) < 4.78 is 56.7. The summed E-state index contributed by atoms with van der Waals surface area (Å²) in [5.41, 5.74) is 0. The van der Waals surface area contributed by atoms with E-state index in [9.17, 15) is 21.6 Å². The van der Waals surface area contributed by atoms with Crippen LogP contribution in [-0.2, 0) is 29.1 Å². The molecule has 2 atom stereocenters. The lowest BCUT2D eigenvalue weighted by Gasteiger charge is -2.27. The molecule has 0 saturated carbocycles. The molecule has 152 valence electrons. The second-order valence-corrected chi connectivity index (χ2v) is 11.4. The van der Waals surface area contributed by atoms with Crippen molar-refractivity contribution < 1.29 is 31.1 Å². The normalized spacial score (nSPS) is 26.7. The number of carbonyl (C=O) groups is 1. The van der Waals surface area contributed by atoms with E-state index in [1.54, 1.807) is 11.8 Å². The standard InChI is InChI=1S/C16H29NO7S2/c1-2-23-16(18)17(14-6-10-25(19,20)12-14)8-4-3-5-9-24-15-7-11-26(21,22)13-15/h14-15H,2-13H2,1H3. The molecule has 0 aromatic carbocycles. The molecule has 2 fully saturated rings. The molecule has 26 heavy (non-hydrogen) atoms. The van der Waals surface area contributed by atoms with Gasteiger partial charge >= 0.3 is 6.09 Å². The topological polar surface area (TPSA) is 107 Å². The zero-order valence-electron chi connectivity index (χ0n) is 15.3. The average Bonchev–Trinajstić information content (AvgIpc) is 3.08. The van der Waals surface area contributed by atoms with Gasteiger partial charge in [-0.05, 0) is 39.0 Å². The minimum Gasteiger partial charge on any atom is -0.450 e. The highest BCUT2D eigenvalue weighted by atomic mass is 32.2. The van der Waals surface area contributed by atoms with E-state index in [-0.39, 0.29) is 41.8 Å². The van der Waals surface area contributed by atoms with Crippen molar-refractivity contribution in [3.05, 3.63) is 0 Å². The minimum atomic E-state index is -3.07. The summed E-state index contributed by atoms with van der Waals surface area (Å²) in [5.74, 6) is 0.438. The van der Waals surface area contributed by atoms with Crippen molar-refractivity contribution in [3.8, 4) is 0 Å². The lowest BCUT2D eigenvalue weighted by molar-refractivity contribution is 0.0667. The molecule has 0 aromatic heterocycles. The molecule has 0 aliphatic carbocycles. The van der Waals surface area contributed by atoms with Gasteiger partial charge in [-0.1, -0.05) is 0 Å². The summed E-state index contributed by atoms with van der Waals surface area (Å²) in [4.78, 5) is 13.7. The lowest BCUT2D eigenvalue weighted by Crippen LogP contribution is -2.42. The maximum absolute atomic E-state index is 12.1. The maximum Gasteiger partial charge on any atom is 0.410 e. The average molecular weight is 412 g/mol. The van der Waals surface area contributed by atoms with Crippen LogP contribution in [0, 0.1) is 0 Å². The summed E-state index contributed by atoms with van der Waals surface area (Å²) in [5, 5.41) is 0. The number of hydrogen-bond donors (Lipinski definition) is 0. The van der Waals surface area contributed by atoms with Crippen molar-refractivity contribution in [1.29, 1.82) is 0 Å². The Morgan fingerprint density at radius 3 is 2.27 bits per heavy atom. The van der Waals surface area contributed by atoms with Crippen molar-refractivity contribution in [2.75, 3.05) is 42.8 Å². The highest BCUT2D eigenvalue weighted by Gasteiger charge is 2.35. The number of ether oxygens (including phenoxy) is 2. The van der Waals surface area contributed by atoms with Crippen LogP contribution < -0.4 is 0 Å². The molecule has 0 N–H and O–H groups in total. The largest absolute Gasteiger partial charge is 0.450 e. The number of unbranched alkanes of at least 4 members (excludes halogenated alkanes) is 2. The van der Waals surface area contributed by atoms with Gasteiger partial charge < -0.3 is 14.4 Å². The van der Waals surface area contributed by atoms with Crippen molar-refractivity contribution in [2.24, 2.45) is 0 Å². The van der Waals surface area contributed by atoms with Crippen LogP contribution in [0.15, 0.2) is 0 Å². The molecule has 0 aromatic rings. The molecule has 2 heterocycles. The van der Waals surface area contributed by atoms with E-state index in [1.165, 1.54) is 0 Å². The summed E-state index contributed by atoms with van der Waals surface area (Å²) in [6.45, 7) is 2.93. The fraction of sp³-hybridized carbons (Fsp3) is 0.938. The first-order valence-electron chi connectivity index (χ1n) is 9.18. The Hall–Kier alpha value is -0.870. The predicted octanol–water partition coefficient (Wildman–Crippen LogP) is 1.01. The van der Waals surface area contributed by atoms with Crippen LogP contribution in [0.4, 0.5) is 4.79 Å². The fourth-order valence-corrected chi connectivity index (χ4v) is 6.70. The predicted molar refractivity (Wildman–Crippen MR) is 97.6 cm³/mol. The first-order valence-corrected chi connectivity index (χ1v) is 12.8. The Balaban J connectivity index is 1.69. The highest BCUT2D eigenvalue weighted by molar-refractivity contribution is 7.91. The van der Waals surface area contributed by atoms with Gasteiger partial charge in [-0.25, -0.2) is 21.6 Å². The molecule has 2 unspecified atom stereocenters. The molecule has 0 bridgehead atoms. The van der Waals surface area contributed by atoms with E-state index in [1.807, 2.05) is 0 Å². The summed E-state index contributed by atoms with van der Waals surface area (Å²) in [7, 11) is -5.99. The SMILES string of the molecule is CCOC(=O)N(CCCCCOC1CCS(=O)(=O)C1)C1CCS(=O)(=O)C1. The van der Waals surface area contributed by atoms with E-state index >= 15 is 0 Å². The molecule has 0 radical (unpaired) electrons. The van der Waals surface area contributed by atoms with Crippen LogP contribution >= 0.6 is 0 Å². The van der Waals surface area contributed by atoms with Crippen LogP contribution in [-0.4, -0.2) is 82.7 Å². The van der Waals surface area contributed by atoms with Crippen LogP contribution in [0.2, 0.25) is 0 Å². The third-order valence-electron chi connectivity index (χ3n) is 4.74. The van der Waals surface area contributed by atoms with Crippen LogP contribution in [0.3, 0.4) is 0 Å². The van der Waals surface area contributed by atoms with Crippen molar-refractivity contribution in [3.63, 3.8) is 0 Å². The molecule has 0 spiro atoms. The van der Waals surface area contributed by atoms with Crippen molar-refractivity contribution >= 4 is 25.8 Å². The molecule has 2 rings (SSSR count). The molecular formula is C16H29NO7S2. The van der Waals surface area contributed by atoms with Gasteiger partial charge in [0.25, 0.3) is 0 Å². The zero-order chi connectivity index (χ0) is 19.2. The monoisotopic (exact) mass is 411 g/mol. The highest BCUT2D eigenvalue weighted by Crippen LogP contribution is 2.20. The number of sulfone groups is 2. The van der Waals surface area contributed by atoms with E-state index in [0.717, 1.165) is 19.3 Å². The molecule has 1 amide bonds. The fourth-order valence-electron chi connectivity index (χ4n) is 3.35. The first-order chi connectivity index (χ1) is 12.2. The number of nitrogens with zero attached hydrogens (tertiary/aromatic N) is 1. The molecule has 2 aliphatic rings. The molecule has 10 heteroatoms. The summed E-state index contributed by atoms with van der Waals surface area (Å²) in [6, 6.07) is -0.306. The van der Waals surface area contributed by atoms with Crippen molar-refractivity contribution in [1.82, 2.24) is 4.90 Å². The molecule has 8 nitrogen and oxygen atoms in total. The number of carbonyl (C=O) groups excluding carboxylic acids is 1. The Kier molecular flexibility index (Phi) is 7.72. The van der Waals surface area contributed by atoms with Gasteiger partial charge in [-0.2, -0.15) is 0 Å². The van der Waals surface area contributed by atoms with Gasteiger partial charge in [0.05, 0.1) is 35.7 Å². The molecular weight excluding hydrogens is 382 g/mol. The van der Waals surface area contributed by atoms with Crippen LogP contribution in [0.5, 0.6) is 0 Å². The second-order valence-electron chi connectivity index (χ2n) is 6.91.